The number of alkyl halides is 3. The van der Waals surface area contributed by atoms with Gasteiger partial charge in [0, 0.05) is 3.57 Å². The summed E-state index contributed by atoms with van der Waals surface area (Å²) < 4.78 is 37.1. The van der Waals surface area contributed by atoms with Crippen LogP contribution >= 0.6 is 22.6 Å². The van der Waals surface area contributed by atoms with Crippen LogP contribution in [-0.4, -0.2) is 6.18 Å². The predicted octanol–water partition coefficient (Wildman–Crippen LogP) is 2.85. The second-order valence-corrected chi connectivity index (χ2v) is 3.70. The van der Waals surface area contributed by atoms with E-state index >= 15 is 0 Å². The van der Waals surface area contributed by atoms with Crippen molar-refractivity contribution < 1.29 is 13.2 Å². The third kappa shape index (κ3) is 2.57. The number of rotatable bonds is 1. The summed E-state index contributed by atoms with van der Waals surface area (Å²) in [5.41, 5.74) is 5.16. The van der Waals surface area contributed by atoms with E-state index in [9.17, 15) is 13.2 Å². The van der Waals surface area contributed by atoms with Crippen molar-refractivity contribution in [3.8, 4) is 0 Å². The third-order valence-electron chi connectivity index (χ3n) is 1.59. The normalized spacial score (nSPS) is 14.2. The van der Waals surface area contributed by atoms with Crippen molar-refractivity contribution in [2.24, 2.45) is 5.73 Å². The highest BCUT2D eigenvalue weighted by molar-refractivity contribution is 14.1. The maximum Gasteiger partial charge on any atom is 0.407 e. The molecule has 5 heteroatoms. The molecule has 0 fully saturated rings. The van der Waals surface area contributed by atoms with Crippen LogP contribution in [0.5, 0.6) is 0 Å². The Hall–Kier alpha value is -0.300. The molecule has 72 valence electrons. The first kappa shape index (κ1) is 10.8. The summed E-state index contributed by atoms with van der Waals surface area (Å²) in [6.45, 7) is 0. The van der Waals surface area contributed by atoms with Gasteiger partial charge in [-0.25, -0.2) is 0 Å². The van der Waals surface area contributed by atoms with Crippen molar-refractivity contribution >= 4 is 22.6 Å². The highest BCUT2D eigenvalue weighted by Crippen LogP contribution is 2.32. The van der Waals surface area contributed by atoms with Crippen LogP contribution in [0.4, 0.5) is 13.2 Å². The third-order valence-corrected chi connectivity index (χ3v) is 2.58. The number of halogens is 4. The Morgan fingerprint density at radius 3 is 2.23 bits per heavy atom. The molecule has 0 heterocycles. The molecular weight excluding hydrogens is 294 g/mol. The molecule has 0 bridgehead atoms. The number of hydrogen-bond acceptors (Lipinski definition) is 1. The van der Waals surface area contributed by atoms with Crippen LogP contribution in [0, 0.1) is 3.57 Å². The fraction of sp³-hybridized carbons (Fsp3) is 0.250. The van der Waals surface area contributed by atoms with E-state index < -0.39 is 12.2 Å². The summed E-state index contributed by atoms with van der Waals surface area (Å²) in [6.07, 6.45) is -4.37. The van der Waals surface area contributed by atoms with E-state index in [1.165, 1.54) is 6.07 Å². The van der Waals surface area contributed by atoms with Crippen molar-refractivity contribution in [1.82, 2.24) is 0 Å². The Morgan fingerprint density at radius 1 is 1.23 bits per heavy atom. The van der Waals surface area contributed by atoms with Crippen LogP contribution in [-0.2, 0) is 0 Å². The van der Waals surface area contributed by atoms with Crippen LogP contribution in [0.15, 0.2) is 24.3 Å². The van der Waals surface area contributed by atoms with Crippen LogP contribution in [0.3, 0.4) is 0 Å². The molecule has 0 saturated heterocycles. The Kier molecular flexibility index (Phi) is 3.18. The molecule has 1 atom stereocenters. The van der Waals surface area contributed by atoms with Gasteiger partial charge in [0.2, 0.25) is 0 Å². The molecule has 1 rings (SSSR count). The van der Waals surface area contributed by atoms with Gasteiger partial charge in [0.25, 0.3) is 0 Å². The Balaban J connectivity index is 3.02. The fourth-order valence-electron chi connectivity index (χ4n) is 0.904. The van der Waals surface area contributed by atoms with E-state index in [1.807, 2.05) is 22.6 Å². The summed E-state index contributed by atoms with van der Waals surface area (Å²) >= 11 is 1.84. The lowest BCUT2D eigenvalue weighted by Crippen LogP contribution is -2.29. The van der Waals surface area contributed by atoms with Crippen molar-refractivity contribution in [1.29, 1.82) is 0 Å². The van der Waals surface area contributed by atoms with Gasteiger partial charge in [-0.2, -0.15) is 13.2 Å². The van der Waals surface area contributed by atoms with Crippen molar-refractivity contribution in [3.05, 3.63) is 33.4 Å². The summed E-state index contributed by atoms with van der Waals surface area (Å²) in [6, 6.07) is 4.32. The van der Waals surface area contributed by atoms with Gasteiger partial charge in [-0.15, -0.1) is 0 Å². The monoisotopic (exact) mass is 301 g/mol. The van der Waals surface area contributed by atoms with E-state index in [0.717, 1.165) is 0 Å². The minimum Gasteiger partial charge on any atom is -0.316 e. The van der Waals surface area contributed by atoms with Crippen molar-refractivity contribution in [3.63, 3.8) is 0 Å². The number of benzene rings is 1. The summed E-state index contributed by atoms with van der Waals surface area (Å²) in [5.74, 6) is 0. The highest BCUT2D eigenvalue weighted by Gasteiger charge is 2.38. The average Bonchev–Trinajstić information content (AvgIpc) is 2.02. The standard InChI is InChI=1S/C8H7F3IN/c9-8(10,11)7(13)5-3-1-2-4-6(5)12/h1-4,7H,13H2. The zero-order valence-electron chi connectivity index (χ0n) is 6.48. The molecule has 1 nitrogen and oxygen atoms in total. The summed E-state index contributed by atoms with van der Waals surface area (Å²) in [4.78, 5) is 0. The maximum absolute atomic E-state index is 12.2. The molecule has 1 aromatic rings. The van der Waals surface area contributed by atoms with Crippen LogP contribution in [0.1, 0.15) is 11.6 Å². The first-order chi connectivity index (χ1) is 5.93. The molecule has 0 aliphatic carbocycles. The first-order valence-corrected chi connectivity index (χ1v) is 4.57. The van der Waals surface area contributed by atoms with Crippen LogP contribution in [0.2, 0.25) is 0 Å². The lowest BCUT2D eigenvalue weighted by Gasteiger charge is -2.16. The number of nitrogens with two attached hydrogens (primary N) is 1. The largest absolute Gasteiger partial charge is 0.407 e. The lowest BCUT2D eigenvalue weighted by molar-refractivity contribution is -0.149. The minimum absolute atomic E-state index is 0.121. The van der Waals surface area contributed by atoms with Crippen LogP contribution in [0.25, 0.3) is 0 Å². The predicted molar refractivity (Wildman–Crippen MR) is 52.1 cm³/mol. The molecule has 0 aromatic heterocycles. The van der Waals surface area contributed by atoms with Crippen molar-refractivity contribution in [2.75, 3.05) is 0 Å². The molecule has 0 aliphatic heterocycles. The van der Waals surface area contributed by atoms with Gasteiger partial charge in [-0.3, -0.25) is 0 Å². The van der Waals surface area contributed by atoms with E-state index in [2.05, 4.69) is 0 Å². The second kappa shape index (κ2) is 3.83. The Bertz CT molecular complexity index is 298. The SMILES string of the molecule is NC(c1ccccc1I)C(F)(F)F. The van der Waals surface area contributed by atoms with Gasteiger partial charge in [0.1, 0.15) is 6.04 Å². The quantitative estimate of drug-likeness (QED) is 0.793. The Labute approximate surface area is 87.3 Å². The van der Waals surface area contributed by atoms with E-state index in [4.69, 9.17) is 5.73 Å². The van der Waals surface area contributed by atoms with Gasteiger partial charge in [-0.05, 0) is 34.2 Å². The zero-order chi connectivity index (χ0) is 10.1. The summed E-state index contributed by atoms with van der Waals surface area (Å²) in [7, 11) is 0. The number of hydrogen-bond donors (Lipinski definition) is 1. The molecule has 1 aromatic carbocycles. The van der Waals surface area contributed by atoms with Gasteiger partial charge in [0.05, 0.1) is 0 Å². The van der Waals surface area contributed by atoms with Gasteiger partial charge in [-0.1, -0.05) is 18.2 Å². The molecule has 0 saturated carbocycles. The smallest absolute Gasteiger partial charge is 0.316 e. The molecule has 0 aliphatic rings. The highest BCUT2D eigenvalue weighted by atomic mass is 127. The van der Waals surface area contributed by atoms with Crippen molar-refractivity contribution in [2.45, 2.75) is 12.2 Å². The molecule has 0 radical (unpaired) electrons. The molecule has 2 N–H and O–H groups in total. The van der Waals surface area contributed by atoms with E-state index in [-0.39, 0.29) is 5.56 Å². The molecular formula is C8H7F3IN. The summed E-state index contributed by atoms with van der Waals surface area (Å²) in [5, 5.41) is 0. The van der Waals surface area contributed by atoms with E-state index in [1.54, 1.807) is 18.2 Å². The zero-order valence-corrected chi connectivity index (χ0v) is 8.63. The molecule has 0 amide bonds. The molecule has 1 unspecified atom stereocenters. The topological polar surface area (TPSA) is 26.0 Å². The average molecular weight is 301 g/mol. The van der Waals surface area contributed by atoms with Gasteiger partial charge in [0.15, 0.2) is 0 Å². The van der Waals surface area contributed by atoms with Crippen LogP contribution < -0.4 is 5.73 Å². The first-order valence-electron chi connectivity index (χ1n) is 3.49. The minimum atomic E-state index is -4.37. The maximum atomic E-state index is 12.2. The fourth-order valence-corrected chi connectivity index (χ4v) is 1.63. The van der Waals surface area contributed by atoms with Gasteiger partial charge < -0.3 is 5.73 Å². The molecule has 0 spiro atoms. The van der Waals surface area contributed by atoms with E-state index in [0.29, 0.717) is 3.57 Å². The molecule has 13 heavy (non-hydrogen) atoms. The van der Waals surface area contributed by atoms with Gasteiger partial charge >= 0.3 is 6.18 Å². The Morgan fingerprint density at radius 2 is 1.77 bits per heavy atom. The second-order valence-electron chi connectivity index (χ2n) is 2.54. The lowest BCUT2D eigenvalue weighted by atomic mass is 10.1.